The van der Waals surface area contributed by atoms with Crippen LogP contribution in [0.3, 0.4) is 0 Å². The van der Waals surface area contributed by atoms with Crippen LogP contribution >= 0.6 is 0 Å². The SMILES string of the molecule is O=C(C=CN1CCOCC1)c1cccnc1. The van der Waals surface area contributed by atoms with Gasteiger partial charge in [-0.15, -0.1) is 0 Å². The summed E-state index contributed by atoms with van der Waals surface area (Å²) in [5.41, 5.74) is 0.618. The largest absolute Gasteiger partial charge is 0.378 e. The highest BCUT2D eigenvalue weighted by molar-refractivity contribution is 6.04. The van der Waals surface area contributed by atoms with E-state index in [1.165, 1.54) is 0 Å². The first kappa shape index (κ1) is 10.8. The first-order chi connectivity index (χ1) is 7.86. The number of aromatic nitrogens is 1. The minimum Gasteiger partial charge on any atom is -0.378 e. The van der Waals surface area contributed by atoms with Crippen molar-refractivity contribution >= 4 is 5.78 Å². The van der Waals surface area contributed by atoms with E-state index in [2.05, 4.69) is 9.88 Å². The topological polar surface area (TPSA) is 42.4 Å². The Labute approximate surface area is 94.5 Å². The van der Waals surface area contributed by atoms with Crippen molar-refractivity contribution in [2.75, 3.05) is 26.3 Å². The van der Waals surface area contributed by atoms with Crippen molar-refractivity contribution < 1.29 is 9.53 Å². The van der Waals surface area contributed by atoms with Crippen LogP contribution in [0, 0.1) is 0 Å². The molecule has 0 unspecified atom stereocenters. The molecule has 1 fully saturated rings. The highest BCUT2D eigenvalue weighted by Crippen LogP contribution is 2.01. The predicted octanol–water partition coefficient (Wildman–Crippen LogP) is 1.11. The van der Waals surface area contributed by atoms with Gasteiger partial charge in [-0.2, -0.15) is 0 Å². The highest BCUT2D eigenvalue weighted by atomic mass is 16.5. The van der Waals surface area contributed by atoms with Crippen LogP contribution in [-0.4, -0.2) is 42.0 Å². The Balaban J connectivity index is 1.94. The Bertz CT molecular complexity index is 370. The van der Waals surface area contributed by atoms with Gasteiger partial charge in [-0.1, -0.05) is 0 Å². The van der Waals surface area contributed by atoms with Crippen LogP contribution in [0.15, 0.2) is 36.8 Å². The molecule has 2 heterocycles. The van der Waals surface area contributed by atoms with Gasteiger partial charge in [0.15, 0.2) is 5.78 Å². The zero-order chi connectivity index (χ0) is 11.2. The fourth-order valence-corrected chi connectivity index (χ4v) is 1.50. The number of carbonyl (C=O) groups excluding carboxylic acids is 1. The molecule has 84 valence electrons. The molecule has 0 radical (unpaired) electrons. The maximum atomic E-state index is 11.7. The summed E-state index contributed by atoms with van der Waals surface area (Å²) < 4.78 is 5.22. The molecule has 0 saturated carbocycles. The molecule has 1 aliphatic heterocycles. The zero-order valence-corrected chi connectivity index (χ0v) is 9.00. The maximum absolute atomic E-state index is 11.7. The Hall–Kier alpha value is -1.68. The summed E-state index contributed by atoms with van der Waals surface area (Å²) >= 11 is 0. The lowest BCUT2D eigenvalue weighted by molar-refractivity contribution is 0.0591. The van der Waals surface area contributed by atoms with Crippen LogP contribution in [0.25, 0.3) is 0 Å². The molecule has 0 bridgehead atoms. The predicted molar refractivity (Wildman–Crippen MR) is 60.1 cm³/mol. The number of hydrogen-bond acceptors (Lipinski definition) is 4. The van der Waals surface area contributed by atoms with E-state index in [1.807, 2.05) is 6.20 Å². The standard InChI is InChI=1S/C12H14N2O2/c15-12(11-2-1-4-13-10-11)3-5-14-6-8-16-9-7-14/h1-5,10H,6-9H2. The minimum absolute atomic E-state index is 0.0143. The van der Waals surface area contributed by atoms with Gasteiger partial charge in [0.25, 0.3) is 0 Å². The molecule has 1 saturated heterocycles. The Kier molecular flexibility index (Phi) is 3.66. The van der Waals surface area contributed by atoms with Crippen LogP contribution in [0.2, 0.25) is 0 Å². The summed E-state index contributed by atoms with van der Waals surface area (Å²) in [4.78, 5) is 17.7. The quantitative estimate of drug-likeness (QED) is 0.563. The highest BCUT2D eigenvalue weighted by Gasteiger charge is 2.06. The second-order valence-corrected chi connectivity index (χ2v) is 3.57. The van der Waals surface area contributed by atoms with Crippen LogP contribution in [0.1, 0.15) is 10.4 Å². The van der Waals surface area contributed by atoms with E-state index in [9.17, 15) is 4.79 Å². The summed E-state index contributed by atoms with van der Waals surface area (Å²) in [5, 5.41) is 0. The van der Waals surface area contributed by atoms with Gasteiger partial charge in [-0.25, -0.2) is 0 Å². The molecule has 1 aromatic heterocycles. The van der Waals surface area contributed by atoms with E-state index in [-0.39, 0.29) is 5.78 Å². The number of ketones is 1. The monoisotopic (exact) mass is 218 g/mol. The number of morpholine rings is 1. The Morgan fingerprint density at radius 3 is 2.94 bits per heavy atom. The van der Waals surface area contributed by atoms with Crippen molar-refractivity contribution in [1.82, 2.24) is 9.88 Å². The van der Waals surface area contributed by atoms with Crippen molar-refractivity contribution in [1.29, 1.82) is 0 Å². The van der Waals surface area contributed by atoms with E-state index < -0.39 is 0 Å². The fraction of sp³-hybridized carbons (Fsp3) is 0.333. The lowest BCUT2D eigenvalue weighted by atomic mass is 10.2. The van der Waals surface area contributed by atoms with E-state index in [0.717, 1.165) is 26.3 Å². The molecular weight excluding hydrogens is 204 g/mol. The van der Waals surface area contributed by atoms with Gasteiger partial charge in [0, 0.05) is 43.3 Å². The fourth-order valence-electron chi connectivity index (χ4n) is 1.50. The van der Waals surface area contributed by atoms with Gasteiger partial charge in [-0.3, -0.25) is 9.78 Å². The minimum atomic E-state index is -0.0143. The smallest absolute Gasteiger partial charge is 0.188 e. The summed E-state index contributed by atoms with van der Waals surface area (Å²) in [6, 6.07) is 3.52. The van der Waals surface area contributed by atoms with Crippen LogP contribution in [0.5, 0.6) is 0 Å². The molecule has 0 N–H and O–H groups in total. The number of nitrogens with zero attached hydrogens (tertiary/aromatic N) is 2. The third kappa shape index (κ3) is 2.90. The average molecular weight is 218 g/mol. The Morgan fingerprint density at radius 1 is 1.44 bits per heavy atom. The van der Waals surface area contributed by atoms with Crippen molar-refractivity contribution in [2.24, 2.45) is 0 Å². The van der Waals surface area contributed by atoms with Crippen molar-refractivity contribution in [3.8, 4) is 0 Å². The molecule has 16 heavy (non-hydrogen) atoms. The van der Waals surface area contributed by atoms with Crippen LogP contribution in [0.4, 0.5) is 0 Å². The summed E-state index contributed by atoms with van der Waals surface area (Å²) in [6.45, 7) is 3.14. The van der Waals surface area contributed by atoms with E-state index in [0.29, 0.717) is 5.56 Å². The second-order valence-electron chi connectivity index (χ2n) is 3.57. The molecule has 4 nitrogen and oxygen atoms in total. The summed E-state index contributed by atoms with van der Waals surface area (Å²) in [6.07, 6.45) is 6.65. The zero-order valence-electron chi connectivity index (χ0n) is 9.00. The molecule has 4 heteroatoms. The molecule has 0 aliphatic carbocycles. The number of ether oxygens (including phenoxy) is 1. The van der Waals surface area contributed by atoms with E-state index >= 15 is 0 Å². The van der Waals surface area contributed by atoms with Crippen LogP contribution in [-0.2, 0) is 4.74 Å². The third-order valence-electron chi connectivity index (χ3n) is 2.43. The molecule has 0 amide bonds. The van der Waals surface area contributed by atoms with Crippen molar-refractivity contribution in [3.63, 3.8) is 0 Å². The molecule has 0 aromatic carbocycles. The van der Waals surface area contributed by atoms with Gasteiger partial charge < -0.3 is 9.64 Å². The molecule has 2 rings (SSSR count). The summed E-state index contributed by atoms with van der Waals surface area (Å²) in [5.74, 6) is -0.0143. The van der Waals surface area contributed by atoms with Gasteiger partial charge in [0.2, 0.25) is 0 Å². The molecule has 0 spiro atoms. The van der Waals surface area contributed by atoms with Crippen molar-refractivity contribution in [3.05, 3.63) is 42.4 Å². The van der Waals surface area contributed by atoms with Gasteiger partial charge in [0.05, 0.1) is 13.2 Å². The molecule has 1 aromatic rings. The van der Waals surface area contributed by atoms with Crippen molar-refractivity contribution in [2.45, 2.75) is 0 Å². The second kappa shape index (κ2) is 5.42. The van der Waals surface area contributed by atoms with E-state index in [1.54, 1.807) is 30.6 Å². The summed E-state index contributed by atoms with van der Waals surface area (Å²) in [7, 11) is 0. The number of hydrogen-bond donors (Lipinski definition) is 0. The first-order valence-electron chi connectivity index (χ1n) is 5.30. The lowest BCUT2D eigenvalue weighted by Crippen LogP contribution is -2.32. The number of allylic oxidation sites excluding steroid dienone is 1. The molecular formula is C12H14N2O2. The number of rotatable bonds is 3. The normalized spacial score (nSPS) is 16.6. The molecule has 0 atom stereocenters. The lowest BCUT2D eigenvalue weighted by Gasteiger charge is -2.24. The Morgan fingerprint density at radius 2 is 2.25 bits per heavy atom. The van der Waals surface area contributed by atoms with Gasteiger partial charge >= 0.3 is 0 Å². The average Bonchev–Trinajstić information content (AvgIpc) is 2.38. The molecule has 1 aliphatic rings. The van der Waals surface area contributed by atoms with E-state index in [4.69, 9.17) is 4.74 Å². The number of pyridine rings is 1. The van der Waals surface area contributed by atoms with Crippen LogP contribution < -0.4 is 0 Å². The van der Waals surface area contributed by atoms with Gasteiger partial charge in [0.1, 0.15) is 0 Å². The van der Waals surface area contributed by atoms with Gasteiger partial charge in [-0.05, 0) is 12.1 Å². The number of carbonyl (C=O) groups is 1. The first-order valence-corrected chi connectivity index (χ1v) is 5.30. The maximum Gasteiger partial charge on any atom is 0.188 e. The third-order valence-corrected chi connectivity index (χ3v) is 2.43.